The highest BCUT2D eigenvalue weighted by Crippen LogP contribution is 2.36. The van der Waals surface area contributed by atoms with Crippen molar-refractivity contribution >= 4 is 11.7 Å². The Morgan fingerprint density at radius 2 is 2.06 bits per heavy atom. The lowest BCUT2D eigenvalue weighted by molar-refractivity contribution is -0.130. The van der Waals surface area contributed by atoms with Gasteiger partial charge in [0.05, 0.1) is 24.0 Å². The molecule has 1 fully saturated rings. The van der Waals surface area contributed by atoms with E-state index in [1.807, 2.05) is 24.3 Å². The highest BCUT2D eigenvalue weighted by Gasteiger charge is 2.36. The number of β-amino-alcohol motifs (C(OH)–C–C–N with tert-alkyl or cyclic N) is 1. The third-order valence-electron chi connectivity index (χ3n) is 6.01. The first kappa shape index (κ1) is 21.6. The van der Waals surface area contributed by atoms with Crippen LogP contribution in [0.1, 0.15) is 66.9 Å². The Balaban J connectivity index is 1.26. The number of aliphatic hydroxyl groups excluding tert-OH is 1. The van der Waals surface area contributed by atoms with E-state index in [0.717, 1.165) is 23.4 Å². The fourth-order valence-corrected chi connectivity index (χ4v) is 4.39. The molecule has 0 bridgehead atoms. The number of ketones is 1. The van der Waals surface area contributed by atoms with Crippen LogP contribution in [0.15, 0.2) is 28.8 Å². The molecule has 1 N–H and O–H groups in total. The van der Waals surface area contributed by atoms with Crippen molar-refractivity contribution < 1.29 is 24.0 Å². The van der Waals surface area contributed by atoms with Gasteiger partial charge in [0.25, 0.3) is 0 Å². The summed E-state index contributed by atoms with van der Waals surface area (Å²) in [7, 11) is 0. The summed E-state index contributed by atoms with van der Waals surface area (Å²) >= 11 is 0. The third kappa shape index (κ3) is 5.15. The summed E-state index contributed by atoms with van der Waals surface area (Å²) in [5.74, 6) is 1.56. The van der Waals surface area contributed by atoms with Crippen molar-refractivity contribution in [2.75, 3.05) is 19.7 Å². The standard InChI is InChI=1S/C24H30N2O5/c1-24(2)13-19-23(20(28)14-24)21(31-25-19)12-16-5-7-18(8-6-16)30-11-3-4-22(29)26-10-9-17(27)15-26/h5-8,17,27H,3-4,9-15H2,1-2H3/t17-/m1/s1. The summed E-state index contributed by atoms with van der Waals surface area (Å²) in [5.41, 5.74) is 2.38. The maximum absolute atomic E-state index is 12.6. The van der Waals surface area contributed by atoms with Crippen molar-refractivity contribution in [3.05, 3.63) is 46.8 Å². The Morgan fingerprint density at radius 3 is 2.77 bits per heavy atom. The molecule has 1 aromatic heterocycles. The fraction of sp³-hybridized carbons (Fsp3) is 0.542. The zero-order valence-electron chi connectivity index (χ0n) is 18.2. The number of benzene rings is 1. The number of ether oxygens (including phenoxy) is 1. The number of hydrogen-bond acceptors (Lipinski definition) is 6. The normalized spacial score (nSPS) is 20.0. The molecule has 1 atom stereocenters. The van der Waals surface area contributed by atoms with Gasteiger partial charge in [0.2, 0.25) is 5.91 Å². The molecule has 4 rings (SSSR count). The van der Waals surface area contributed by atoms with E-state index in [1.54, 1.807) is 4.90 Å². The van der Waals surface area contributed by atoms with Crippen LogP contribution in [0.25, 0.3) is 0 Å². The fourth-order valence-electron chi connectivity index (χ4n) is 4.39. The predicted molar refractivity (Wildman–Crippen MR) is 114 cm³/mol. The van der Waals surface area contributed by atoms with Gasteiger partial charge in [0.15, 0.2) is 11.5 Å². The first-order valence-corrected chi connectivity index (χ1v) is 11.0. The van der Waals surface area contributed by atoms with Crippen molar-refractivity contribution in [3.8, 4) is 5.75 Å². The van der Waals surface area contributed by atoms with Gasteiger partial charge < -0.3 is 19.3 Å². The second kappa shape index (κ2) is 8.83. The number of aliphatic hydroxyl groups is 1. The molecule has 2 heterocycles. The van der Waals surface area contributed by atoms with Gasteiger partial charge in [-0.1, -0.05) is 31.1 Å². The number of aromatic nitrogens is 1. The van der Waals surface area contributed by atoms with Gasteiger partial charge in [0, 0.05) is 32.4 Å². The summed E-state index contributed by atoms with van der Waals surface area (Å²) in [6.45, 7) is 5.70. The van der Waals surface area contributed by atoms with Crippen LogP contribution in [0, 0.1) is 5.41 Å². The van der Waals surface area contributed by atoms with Crippen molar-refractivity contribution in [1.29, 1.82) is 0 Å². The maximum Gasteiger partial charge on any atom is 0.222 e. The lowest BCUT2D eigenvalue weighted by Gasteiger charge is -2.26. The number of rotatable bonds is 7. The average Bonchev–Trinajstić information content (AvgIpc) is 3.32. The molecular weight excluding hydrogens is 396 g/mol. The van der Waals surface area contributed by atoms with Crippen LogP contribution in [0.4, 0.5) is 0 Å². The van der Waals surface area contributed by atoms with Crippen LogP contribution in [0.3, 0.4) is 0 Å². The van der Waals surface area contributed by atoms with E-state index in [9.17, 15) is 14.7 Å². The summed E-state index contributed by atoms with van der Waals surface area (Å²) in [5, 5.41) is 13.7. The molecule has 7 nitrogen and oxygen atoms in total. The van der Waals surface area contributed by atoms with Crippen molar-refractivity contribution in [3.63, 3.8) is 0 Å². The van der Waals surface area contributed by atoms with E-state index in [-0.39, 0.29) is 23.2 Å². The van der Waals surface area contributed by atoms with E-state index in [1.165, 1.54) is 0 Å². The van der Waals surface area contributed by atoms with Crippen molar-refractivity contribution in [1.82, 2.24) is 10.1 Å². The lowest BCUT2D eigenvalue weighted by atomic mass is 9.75. The molecule has 0 spiro atoms. The molecule has 1 saturated heterocycles. The van der Waals surface area contributed by atoms with E-state index >= 15 is 0 Å². The molecular formula is C24H30N2O5. The van der Waals surface area contributed by atoms with Crippen LogP contribution >= 0.6 is 0 Å². The first-order chi connectivity index (χ1) is 14.8. The largest absolute Gasteiger partial charge is 0.494 e. The molecule has 2 aromatic rings. The van der Waals surface area contributed by atoms with Crippen LogP contribution in [-0.4, -0.2) is 52.7 Å². The Hall–Kier alpha value is -2.67. The van der Waals surface area contributed by atoms with Crippen molar-refractivity contribution in [2.24, 2.45) is 5.41 Å². The second-order valence-corrected chi connectivity index (χ2v) is 9.42. The SMILES string of the molecule is CC1(C)CC(=O)c2c(noc2Cc2ccc(OCCCC(=O)N3CC[C@@H](O)C3)cc2)C1. The number of Topliss-reactive ketones (excluding diaryl/α,β-unsaturated/α-hetero) is 1. The topological polar surface area (TPSA) is 92.9 Å². The average molecular weight is 427 g/mol. The van der Waals surface area contributed by atoms with Crippen LogP contribution in [0.5, 0.6) is 5.75 Å². The number of hydrogen-bond donors (Lipinski definition) is 1. The molecule has 166 valence electrons. The predicted octanol–water partition coefficient (Wildman–Crippen LogP) is 3.17. The van der Waals surface area contributed by atoms with Gasteiger partial charge >= 0.3 is 0 Å². The van der Waals surface area contributed by atoms with E-state index in [0.29, 0.717) is 63.1 Å². The van der Waals surface area contributed by atoms with E-state index in [4.69, 9.17) is 9.26 Å². The van der Waals surface area contributed by atoms with Gasteiger partial charge in [-0.05, 0) is 42.4 Å². The third-order valence-corrected chi connectivity index (χ3v) is 6.01. The molecule has 0 saturated carbocycles. The quantitative estimate of drug-likeness (QED) is 0.684. The molecule has 31 heavy (non-hydrogen) atoms. The number of nitrogens with zero attached hydrogens (tertiary/aromatic N) is 2. The second-order valence-electron chi connectivity index (χ2n) is 9.42. The minimum atomic E-state index is -0.383. The Kier molecular flexibility index (Phi) is 6.14. The molecule has 1 amide bonds. The van der Waals surface area contributed by atoms with Gasteiger partial charge in [-0.25, -0.2) is 0 Å². The molecule has 7 heteroatoms. The summed E-state index contributed by atoms with van der Waals surface area (Å²) in [4.78, 5) is 26.4. The first-order valence-electron chi connectivity index (χ1n) is 11.0. The Labute approximate surface area is 182 Å². The number of fused-ring (bicyclic) bond motifs is 1. The molecule has 1 aliphatic carbocycles. The number of carbonyl (C=O) groups is 2. The summed E-state index contributed by atoms with van der Waals surface area (Å²) < 4.78 is 11.3. The van der Waals surface area contributed by atoms with E-state index in [2.05, 4.69) is 19.0 Å². The Bertz CT molecular complexity index is 947. The van der Waals surface area contributed by atoms with Crippen LogP contribution < -0.4 is 4.74 Å². The monoisotopic (exact) mass is 426 g/mol. The molecule has 1 aromatic carbocycles. The molecule has 0 radical (unpaired) electrons. The lowest BCUT2D eigenvalue weighted by Crippen LogP contribution is -2.29. The summed E-state index contributed by atoms with van der Waals surface area (Å²) in [6, 6.07) is 7.69. The van der Waals surface area contributed by atoms with Crippen molar-refractivity contribution in [2.45, 2.75) is 58.5 Å². The van der Waals surface area contributed by atoms with Gasteiger partial charge in [0.1, 0.15) is 5.75 Å². The smallest absolute Gasteiger partial charge is 0.222 e. The highest BCUT2D eigenvalue weighted by atomic mass is 16.5. The zero-order valence-corrected chi connectivity index (χ0v) is 18.2. The van der Waals surface area contributed by atoms with Crippen LogP contribution in [0.2, 0.25) is 0 Å². The molecule has 0 unspecified atom stereocenters. The number of amides is 1. The van der Waals surface area contributed by atoms with Gasteiger partial charge in [-0.2, -0.15) is 0 Å². The molecule has 2 aliphatic rings. The zero-order chi connectivity index (χ0) is 22.0. The Morgan fingerprint density at radius 1 is 1.29 bits per heavy atom. The minimum absolute atomic E-state index is 0.0719. The van der Waals surface area contributed by atoms with Gasteiger partial charge in [-0.3, -0.25) is 9.59 Å². The van der Waals surface area contributed by atoms with Crippen LogP contribution in [-0.2, 0) is 17.6 Å². The highest BCUT2D eigenvalue weighted by molar-refractivity contribution is 5.99. The minimum Gasteiger partial charge on any atom is -0.494 e. The summed E-state index contributed by atoms with van der Waals surface area (Å²) in [6.07, 6.45) is 3.13. The number of likely N-dealkylation sites (tertiary alicyclic amines) is 1. The number of carbonyl (C=O) groups excluding carboxylic acids is 2. The maximum atomic E-state index is 12.6. The molecule has 1 aliphatic heterocycles. The van der Waals surface area contributed by atoms with E-state index < -0.39 is 0 Å². The van der Waals surface area contributed by atoms with Gasteiger partial charge in [-0.15, -0.1) is 0 Å².